The molecule has 8 heteroatoms. The smallest absolute Gasteiger partial charge is 0.285 e. The van der Waals surface area contributed by atoms with E-state index in [4.69, 9.17) is 0 Å². The van der Waals surface area contributed by atoms with Crippen LogP contribution in [-0.2, 0) is 10.0 Å². The first-order chi connectivity index (χ1) is 10.5. The number of fused-ring (bicyclic) bond motifs is 1. The maximum absolute atomic E-state index is 12.1. The van der Waals surface area contributed by atoms with Crippen molar-refractivity contribution in [2.45, 2.75) is 11.8 Å². The molecule has 0 aliphatic carbocycles. The van der Waals surface area contributed by atoms with E-state index in [0.717, 1.165) is 5.56 Å². The van der Waals surface area contributed by atoms with Gasteiger partial charge in [0.25, 0.3) is 15.9 Å². The van der Waals surface area contributed by atoms with Crippen LogP contribution in [0, 0.1) is 6.92 Å². The van der Waals surface area contributed by atoms with E-state index in [1.807, 2.05) is 11.6 Å². The van der Waals surface area contributed by atoms with E-state index in [1.54, 1.807) is 35.0 Å². The van der Waals surface area contributed by atoms with Crippen molar-refractivity contribution in [3.05, 3.63) is 60.2 Å². The van der Waals surface area contributed by atoms with Crippen LogP contribution in [0.5, 0.6) is 0 Å². The predicted octanol–water partition coefficient (Wildman–Crippen LogP) is 1.16. The first-order valence-electron chi connectivity index (χ1n) is 6.39. The second-order valence-electron chi connectivity index (χ2n) is 4.71. The van der Waals surface area contributed by atoms with Crippen LogP contribution in [0.2, 0.25) is 0 Å². The zero-order valence-corrected chi connectivity index (χ0v) is 12.4. The van der Waals surface area contributed by atoms with Crippen molar-refractivity contribution in [2.75, 3.05) is 0 Å². The molecule has 2 heterocycles. The molecule has 0 atom stereocenters. The van der Waals surface area contributed by atoms with Crippen LogP contribution in [-0.4, -0.2) is 28.7 Å². The van der Waals surface area contributed by atoms with Gasteiger partial charge >= 0.3 is 0 Å². The van der Waals surface area contributed by atoms with E-state index in [0.29, 0.717) is 5.78 Å². The van der Waals surface area contributed by atoms with E-state index in [-0.39, 0.29) is 10.6 Å². The number of hydrogen-bond donors (Lipinski definition) is 1. The summed E-state index contributed by atoms with van der Waals surface area (Å²) >= 11 is 0. The molecule has 0 unspecified atom stereocenters. The van der Waals surface area contributed by atoms with Crippen molar-refractivity contribution in [3.63, 3.8) is 0 Å². The van der Waals surface area contributed by atoms with E-state index >= 15 is 0 Å². The van der Waals surface area contributed by atoms with Gasteiger partial charge < -0.3 is 0 Å². The van der Waals surface area contributed by atoms with Crippen LogP contribution in [0.25, 0.3) is 5.78 Å². The maximum Gasteiger partial charge on any atom is 0.285 e. The molecule has 2 aromatic heterocycles. The molecule has 1 N–H and O–H groups in total. The molecule has 0 aliphatic heterocycles. The molecule has 1 aromatic carbocycles. The molecule has 0 radical (unpaired) electrons. The highest BCUT2D eigenvalue weighted by molar-refractivity contribution is 7.90. The Balaban J connectivity index is 1.90. The number of aryl methyl sites for hydroxylation is 1. The van der Waals surface area contributed by atoms with Gasteiger partial charge in [-0.25, -0.2) is 23.1 Å². The summed E-state index contributed by atoms with van der Waals surface area (Å²) in [5.41, 5.74) is 0.881. The maximum atomic E-state index is 12.1. The molecule has 22 heavy (non-hydrogen) atoms. The van der Waals surface area contributed by atoms with Gasteiger partial charge in [0.1, 0.15) is 5.69 Å². The van der Waals surface area contributed by atoms with Gasteiger partial charge in [0.15, 0.2) is 0 Å². The lowest BCUT2D eigenvalue weighted by atomic mass is 10.4. The van der Waals surface area contributed by atoms with E-state index in [9.17, 15) is 13.2 Å². The number of amides is 1. The van der Waals surface area contributed by atoms with Gasteiger partial charge in [-0.3, -0.25) is 9.20 Å². The normalized spacial score (nSPS) is 11.5. The second-order valence-corrected chi connectivity index (χ2v) is 6.39. The molecule has 7 nitrogen and oxygen atoms in total. The Hall–Kier alpha value is -2.74. The van der Waals surface area contributed by atoms with Crippen LogP contribution in [0.4, 0.5) is 0 Å². The van der Waals surface area contributed by atoms with Gasteiger partial charge in [-0.2, -0.15) is 0 Å². The van der Waals surface area contributed by atoms with Gasteiger partial charge in [0.05, 0.1) is 4.90 Å². The summed E-state index contributed by atoms with van der Waals surface area (Å²) in [6.07, 6.45) is 4.80. The van der Waals surface area contributed by atoms with Gasteiger partial charge in [-0.15, -0.1) is 0 Å². The van der Waals surface area contributed by atoms with Crippen LogP contribution in [0.15, 0.2) is 53.8 Å². The van der Waals surface area contributed by atoms with Crippen LogP contribution in [0.1, 0.15) is 16.1 Å². The van der Waals surface area contributed by atoms with Crippen LogP contribution >= 0.6 is 0 Å². The summed E-state index contributed by atoms with van der Waals surface area (Å²) in [7, 11) is -3.92. The minimum Gasteiger partial charge on any atom is -0.290 e. The summed E-state index contributed by atoms with van der Waals surface area (Å²) < 4.78 is 27.8. The number of sulfonamides is 1. The zero-order valence-electron chi connectivity index (χ0n) is 11.6. The molecule has 1 amide bonds. The van der Waals surface area contributed by atoms with Crippen LogP contribution < -0.4 is 4.72 Å². The van der Waals surface area contributed by atoms with Crippen molar-refractivity contribution in [1.29, 1.82) is 0 Å². The van der Waals surface area contributed by atoms with E-state index in [2.05, 4.69) is 9.97 Å². The Bertz CT molecular complexity index is 949. The topological polar surface area (TPSA) is 93.4 Å². The van der Waals surface area contributed by atoms with Gasteiger partial charge in [0.2, 0.25) is 5.78 Å². The molecule has 3 rings (SSSR count). The Morgan fingerprint density at radius 3 is 2.64 bits per heavy atom. The highest BCUT2D eigenvalue weighted by Crippen LogP contribution is 2.09. The molecule has 3 aromatic rings. The lowest BCUT2D eigenvalue weighted by molar-refractivity contribution is 0.0977. The van der Waals surface area contributed by atoms with Crippen molar-refractivity contribution in [2.24, 2.45) is 0 Å². The molecule has 0 bridgehead atoms. The second kappa shape index (κ2) is 5.23. The first-order valence-corrected chi connectivity index (χ1v) is 7.87. The molecule has 0 saturated carbocycles. The Morgan fingerprint density at radius 2 is 1.91 bits per heavy atom. The highest BCUT2D eigenvalue weighted by atomic mass is 32.2. The van der Waals surface area contributed by atoms with Crippen molar-refractivity contribution in [3.8, 4) is 0 Å². The lowest BCUT2D eigenvalue weighted by Gasteiger charge is -2.04. The Kier molecular flexibility index (Phi) is 3.38. The van der Waals surface area contributed by atoms with Gasteiger partial charge in [-0.1, -0.05) is 18.2 Å². The number of aromatic nitrogens is 3. The quantitative estimate of drug-likeness (QED) is 0.782. The van der Waals surface area contributed by atoms with Crippen LogP contribution in [0.3, 0.4) is 0 Å². The predicted molar refractivity (Wildman–Crippen MR) is 78.8 cm³/mol. The van der Waals surface area contributed by atoms with Gasteiger partial charge in [-0.05, 0) is 24.6 Å². The number of nitrogens with zero attached hydrogens (tertiary/aromatic N) is 3. The number of hydrogen-bond acceptors (Lipinski definition) is 5. The van der Waals surface area contributed by atoms with Crippen molar-refractivity contribution < 1.29 is 13.2 Å². The van der Waals surface area contributed by atoms with E-state index in [1.165, 1.54) is 18.3 Å². The summed E-state index contributed by atoms with van der Waals surface area (Å²) in [6.45, 7) is 1.85. The molecule has 0 aliphatic rings. The summed E-state index contributed by atoms with van der Waals surface area (Å²) in [6, 6.07) is 7.67. The molecule has 0 fully saturated rings. The largest absolute Gasteiger partial charge is 0.290 e. The molecular formula is C14H12N4O3S. The fourth-order valence-electron chi connectivity index (χ4n) is 1.93. The Labute approximate surface area is 126 Å². The third-order valence-electron chi connectivity index (χ3n) is 2.95. The fraction of sp³-hybridized carbons (Fsp3) is 0.0714. The minimum absolute atomic E-state index is 0.0149. The number of nitrogens with one attached hydrogen (secondary N) is 1. The monoisotopic (exact) mass is 316 g/mol. The third-order valence-corrected chi connectivity index (χ3v) is 4.30. The van der Waals surface area contributed by atoms with E-state index < -0.39 is 15.9 Å². The zero-order chi connectivity index (χ0) is 15.7. The number of benzene rings is 1. The summed E-state index contributed by atoms with van der Waals surface area (Å²) in [5.74, 6) is -0.472. The fourth-order valence-corrected chi connectivity index (χ4v) is 2.91. The third kappa shape index (κ3) is 2.68. The first kappa shape index (κ1) is 14.2. The number of rotatable bonds is 3. The lowest BCUT2D eigenvalue weighted by Crippen LogP contribution is -2.30. The highest BCUT2D eigenvalue weighted by Gasteiger charge is 2.20. The summed E-state index contributed by atoms with van der Waals surface area (Å²) in [5, 5.41) is 0. The standard InChI is InChI=1S/C14H12N4O3S/c1-10-7-15-14-16-12(9-18(14)8-10)13(19)17-22(20,21)11-5-3-2-4-6-11/h2-9H,1H3,(H,17,19). The number of imidazole rings is 1. The number of carbonyl (C=O) groups is 1. The SMILES string of the molecule is Cc1cnc2nc(C(=O)NS(=O)(=O)c3ccccc3)cn2c1. The van der Waals surface area contributed by atoms with Gasteiger partial charge in [0, 0.05) is 18.6 Å². The molecule has 0 spiro atoms. The van der Waals surface area contributed by atoms with Crippen molar-refractivity contribution >= 4 is 21.7 Å². The molecule has 112 valence electrons. The van der Waals surface area contributed by atoms with Crippen molar-refractivity contribution in [1.82, 2.24) is 19.1 Å². The molecule has 0 saturated heterocycles. The average molecular weight is 316 g/mol. The summed E-state index contributed by atoms with van der Waals surface area (Å²) in [4.78, 5) is 20.2. The molecular weight excluding hydrogens is 304 g/mol. The minimum atomic E-state index is -3.92. The number of carbonyl (C=O) groups excluding carboxylic acids is 1. The Morgan fingerprint density at radius 1 is 1.18 bits per heavy atom. The average Bonchev–Trinajstić information content (AvgIpc) is 2.91.